The summed E-state index contributed by atoms with van der Waals surface area (Å²) in [4.78, 5) is 0. The Bertz CT molecular complexity index is 433. The standard InChI is InChI=1S/C16H24F3NO/c1-4-15(5-2,6-3)20-11-14(21)12-8-7-9-13(10-12)16(17,18)19/h7-10,14,20-21H,4-6,11H2,1-3H3. The summed E-state index contributed by atoms with van der Waals surface area (Å²) in [7, 11) is 0. The van der Waals surface area contributed by atoms with Crippen LogP contribution in [0.1, 0.15) is 57.3 Å². The van der Waals surface area contributed by atoms with Crippen molar-refractivity contribution in [1.29, 1.82) is 0 Å². The number of hydrogen-bond acceptors (Lipinski definition) is 2. The lowest BCUT2D eigenvalue weighted by atomic mass is 9.89. The SMILES string of the molecule is CCC(CC)(CC)NCC(O)c1cccc(C(F)(F)F)c1. The number of halogens is 3. The molecule has 0 aliphatic carbocycles. The van der Waals surface area contributed by atoms with Gasteiger partial charge >= 0.3 is 6.18 Å². The lowest BCUT2D eigenvalue weighted by Gasteiger charge is -2.33. The van der Waals surface area contributed by atoms with Gasteiger partial charge < -0.3 is 10.4 Å². The van der Waals surface area contributed by atoms with Crippen molar-refractivity contribution in [3.05, 3.63) is 35.4 Å². The third kappa shape index (κ3) is 4.71. The van der Waals surface area contributed by atoms with Crippen LogP contribution in [0.2, 0.25) is 0 Å². The van der Waals surface area contributed by atoms with Crippen molar-refractivity contribution >= 4 is 0 Å². The van der Waals surface area contributed by atoms with Crippen LogP contribution >= 0.6 is 0 Å². The summed E-state index contributed by atoms with van der Waals surface area (Å²) >= 11 is 0. The second kappa shape index (κ2) is 7.27. The molecule has 1 atom stereocenters. The Balaban J connectivity index is 2.78. The highest BCUT2D eigenvalue weighted by Gasteiger charge is 2.31. The van der Waals surface area contributed by atoms with E-state index in [1.54, 1.807) is 0 Å². The van der Waals surface area contributed by atoms with Crippen molar-refractivity contribution in [2.45, 2.75) is 57.9 Å². The number of benzene rings is 1. The van der Waals surface area contributed by atoms with Crippen molar-refractivity contribution in [1.82, 2.24) is 5.32 Å². The molecule has 0 aromatic heterocycles. The Hall–Kier alpha value is -1.07. The molecule has 0 saturated heterocycles. The summed E-state index contributed by atoms with van der Waals surface area (Å²) in [6.07, 6.45) is -2.60. The fourth-order valence-corrected chi connectivity index (χ4v) is 2.48. The molecule has 2 N–H and O–H groups in total. The molecule has 0 saturated carbocycles. The smallest absolute Gasteiger partial charge is 0.387 e. The van der Waals surface area contributed by atoms with Crippen molar-refractivity contribution < 1.29 is 18.3 Å². The fourth-order valence-electron chi connectivity index (χ4n) is 2.48. The summed E-state index contributed by atoms with van der Waals surface area (Å²) in [5.41, 5.74) is -0.510. The molecular formula is C16H24F3NO. The van der Waals surface area contributed by atoms with Crippen molar-refractivity contribution in [2.75, 3.05) is 6.54 Å². The maximum absolute atomic E-state index is 12.7. The van der Waals surface area contributed by atoms with Crippen molar-refractivity contribution in [3.8, 4) is 0 Å². The molecule has 1 aromatic rings. The normalized spacial score (nSPS) is 14.2. The Morgan fingerprint density at radius 1 is 1.10 bits per heavy atom. The zero-order valence-corrected chi connectivity index (χ0v) is 12.8. The van der Waals surface area contributed by atoms with E-state index in [1.807, 2.05) is 0 Å². The maximum Gasteiger partial charge on any atom is 0.416 e. The predicted molar refractivity (Wildman–Crippen MR) is 78.0 cm³/mol. The molecule has 0 heterocycles. The first-order valence-corrected chi connectivity index (χ1v) is 7.38. The molecule has 120 valence electrons. The molecule has 0 aliphatic heterocycles. The quantitative estimate of drug-likeness (QED) is 0.787. The molecule has 0 amide bonds. The zero-order valence-electron chi connectivity index (χ0n) is 12.8. The van der Waals surface area contributed by atoms with E-state index in [0.717, 1.165) is 31.4 Å². The molecule has 0 spiro atoms. The topological polar surface area (TPSA) is 32.3 Å². The monoisotopic (exact) mass is 303 g/mol. The lowest BCUT2D eigenvalue weighted by Crippen LogP contribution is -2.45. The van der Waals surface area contributed by atoms with E-state index in [0.29, 0.717) is 0 Å². The van der Waals surface area contributed by atoms with Gasteiger partial charge in [-0.05, 0) is 37.0 Å². The van der Waals surface area contributed by atoms with E-state index in [4.69, 9.17) is 0 Å². The van der Waals surface area contributed by atoms with E-state index in [-0.39, 0.29) is 17.6 Å². The van der Waals surface area contributed by atoms with Crippen LogP contribution in [0.4, 0.5) is 13.2 Å². The molecule has 21 heavy (non-hydrogen) atoms. The highest BCUT2D eigenvalue weighted by atomic mass is 19.4. The maximum atomic E-state index is 12.7. The van der Waals surface area contributed by atoms with Crippen LogP contribution in [-0.2, 0) is 6.18 Å². The van der Waals surface area contributed by atoms with E-state index in [9.17, 15) is 18.3 Å². The van der Waals surface area contributed by atoms with E-state index in [2.05, 4.69) is 26.1 Å². The van der Waals surface area contributed by atoms with Crippen LogP contribution in [0, 0.1) is 0 Å². The average Bonchev–Trinajstić information content (AvgIpc) is 2.48. The first-order chi connectivity index (χ1) is 9.78. The Labute approximate surface area is 124 Å². The van der Waals surface area contributed by atoms with Crippen LogP contribution in [0.15, 0.2) is 24.3 Å². The highest BCUT2D eigenvalue weighted by Crippen LogP contribution is 2.31. The molecule has 0 radical (unpaired) electrons. The summed E-state index contributed by atoms with van der Waals surface area (Å²) < 4.78 is 38.0. The van der Waals surface area contributed by atoms with E-state index < -0.39 is 17.8 Å². The van der Waals surface area contributed by atoms with Gasteiger partial charge in [-0.15, -0.1) is 0 Å². The van der Waals surface area contributed by atoms with Gasteiger partial charge in [0.2, 0.25) is 0 Å². The molecule has 5 heteroatoms. The number of rotatable bonds is 7. The van der Waals surface area contributed by atoms with Crippen molar-refractivity contribution in [3.63, 3.8) is 0 Å². The summed E-state index contributed by atoms with van der Waals surface area (Å²) in [5, 5.41) is 13.4. The Morgan fingerprint density at radius 3 is 2.14 bits per heavy atom. The summed E-state index contributed by atoms with van der Waals surface area (Å²) in [6, 6.07) is 4.87. The Kier molecular flexibility index (Phi) is 6.23. The number of aliphatic hydroxyl groups excluding tert-OH is 1. The molecule has 0 bridgehead atoms. The number of alkyl halides is 3. The summed E-state index contributed by atoms with van der Waals surface area (Å²) in [6.45, 7) is 6.45. The minimum atomic E-state index is -4.39. The Morgan fingerprint density at radius 2 is 1.67 bits per heavy atom. The van der Waals surface area contributed by atoms with Gasteiger partial charge in [-0.1, -0.05) is 32.9 Å². The molecule has 0 fully saturated rings. The van der Waals surface area contributed by atoms with Crippen LogP contribution in [0.25, 0.3) is 0 Å². The van der Waals surface area contributed by atoms with Crippen LogP contribution in [0.5, 0.6) is 0 Å². The highest BCUT2D eigenvalue weighted by molar-refractivity contribution is 5.27. The molecule has 1 unspecified atom stereocenters. The fraction of sp³-hybridized carbons (Fsp3) is 0.625. The molecule has 1 aromatic carbocycles. The molecule has 2 nitrogen and oxygen atoms in total. The van der Waals surface area contributed by atoms with Crippen LogP contribution in [0.3, 0.4) is 0 Å². The van der Waals surface area contributed by atoms with Gasteiger partial charge in [-0.2, -0.15) is 13.2 Å². The number of nitrogens with one attached hydrogen (secondary N) is 1. The van der Waals surface area contributed by atoms with Crippen molar-refractivity contribution in [2.24, 2.45) is 0 Å². The largest absolute Gasteiger partial charge is 0.416 e. The van der Waals surface area contributed by atoms with Gasteiger partial charge in [0.05, 0.1) is 11.7 Å². The third-order valence-corrected chi connectivity index (χ3v) is 4.30. The minimum absolute atomic E-state index is 0.0668. The first kappa shape index (κ1) is 18.0. The summed E-state index contributed by atoms with van der Waals surface area (Å²) in [5.74, 6) is 0. The number of hydrogen-bond donors (Lipinski definition) is 2. The number of aliphatic hydroxyl groups is 1. The minimum Gasteiger partial charge on any atom is -0.387 e. The molecule has 1 rings (SSSR count). The second-order valence-electron chi connectivity index (χ2n) is 5.36. The molecule has 0 aliphatic rings. The van der Waals surface area contributed by atoms with Gasteiger partial charge in [0.1, 0.15) is 0 Å². The zero-order chi connectivity index (χ0) is 16.1. The third-order valence-electron chi connectivity index (χ3n) is 4.30. The van der Waals surface area contributed by atoms with E-state index >= 15 is 0 Å². The van der Waals surface area contributed by atoms with Gasteiger partial charge in [0.25, 0.3) is 0 Å². The van der Waals surface area contributed by atoms with Gasteiger partial charge in [-0.3, -0.25) is 0 Å². The van der Waals surface area contributed by atoms with E-state index in [1.165, 1.54) is 12.1 Å². The number of β-amino-alcohol motifs (C(OH)–C–C–N with tert-alkyl or cyclic N) is 1. The van der Waals surface area contributed by atoms with Crippen LogP contribution < -0.4 is 5.32 Å². The average molecular weight is 303 g/mol. The van der Waals surface area contributed by atoms with Gasteiger partial charge in [0.15, 0.2) is 0 Å². The van der Waals surface area contributed by atoms with Crippen LogP contribution in [-0.4, -0.2) is 17.2 Å². The van der Waals surface area contributed by atoms with Gasteiger partial charge in [0, 0.05) is 12.1 Å². The predicted octanol–water partition coefficient (Wildman–Crippen LogP) is 4.30. The first-order valence-electron chi connectivity index (χ1n) is 7.38. The lowest BCUT2D eigenvalue weighted by molar-refractivity contribution is -0.137. The van der Waals surface area contributed by atoms with Gasteiger partial charge in [-0.25, -0.2) is 0 Å². The second-order valence-corrected chi connectivity index (χ2v) is 5.36. The molecular weight excluding hydrogens is 279 g/mol.